The maximum atomic E-state index is 13.1. The molecular formula is C18H22N2O3. The van der Waals surface area contributed by atoms with Crippen molar-refractivity contribution in [2.24, 2.45) is 5.92 Å². The van der Waals surface area contributed by atoms with Crippen LogP contribution in [0.25, 0.3) is 0 Å². The number of nitrogens with one attached hydrogen (secondary N) is 1. The third kappa shape index (κ3) is 2.38. The van der Waals surface area contributed by atoms with Crippen LogP contribution in [-0.2, 0) is 4.79 Å². The van der Waals surface area contributed by atoms with E-state index in [1.165, 1.54) is 19.3 Å². The summed E-state index contributed by atoms with van der Waals surface area (Å²) in [5, 5.41) is 2.82. The summed E-state index contributed by atoms with van der Waals surface area (Å²) in [4.78, 5) is 26.9. The third-order valence-corrected chi connectivity index (χ3v) is 5.44. The average Bonchev–Trinajstić information content (AvgIpc) is 2.99. The average molecular weight is 314 g/mol. The van der Waals surface area contributed by atoms with E-state index >= 15 is 0 Å². The predicted molar refractivity (Wildman–Crippen MR) is 86.6 cm³/mol. The van der Waals surface area contributed by atoms with E-state index in [-0.39, 0.29) is 11.8 Å². The molecule has 5 nitrogen and oxygen atoms in total. The van der Waals surface area contributed by atoms with Gasteiger partial charge in [0.1, 0.15) is 0 Å². The van der Waals surface area contributed by atoms with Crippen molar-refractivity contribution in [3.8, 4) is 5.75 Å². The van der Waals surface area contributed by atoms with E-state index in [0.717, 1.165) is 19.4 Å². The molecule has 3 atom stereocenters. The van der Waals surface area contributed by atoms with E-state index in [0.29, 0.717) is 29.0 Å². The van der Waals surface area contributed by atoms with E-state index < -0.39 is 6.10 Å². The van der Waals surface area contributed by atoms with E-state index in [1.54, 1.807) is 19.1 Å². The minimum atomic E-state index is -0.572. The summed E-state index contributed by atoms with van der Waals surface area (Å²) in [6.07, 6.45) is 5.39. The third-order valence-electron chi connectivity index (χ3n) is 5.44. The Kier molecular flexibility index (Phi) is 3.51. The molecule has 2 amide bonds. The summed E-state index contributed by atoms with van der Waals surface area (Å²) >= 11 is 0. The monoisotopic (exact) mass is 314 g/mol. The molecule has 1 saturated carbocycles. The van der Waals surface area contributed by atoms with Crippen LogP contribution in [0.5, 0.6) is 5.75 Å². The molecule has 0 aromatic heterocycles. The number of rotatable bonds is 1. The number of fused-ring (bicyclic) bond motifs is 2. The van der Waals surface area contributed by atoms with Crippen molar-refractivity contribution in [1.82, 2.24) is 4.90 Å². The highest BCUT2D eigenvalue weighted by molar-refractivity contribution is 6.04. The van der Waals surface area contributed by atoms with Crippen LogP contribution in [0.3, 0.4) is 0 Å². The minimum Gasteiger partial charge on any atom is -0.478 e. The van der Waals surface area contributed by atoms with Crippen molar-refractivity contribution in [3.63, 3.8) is 0 Å². The molecule has 4 rings (SSSR count). The number of hydrogen-bond acceptors (Lipinski definition) is 3. The van der Waals surface area contributed by atoms with Gasteiger partial charge in [0, 0.05) is 12.6 Å². The minimum absolute atomic E-state index is 0.0413. The Hall–Kier alpha value is -2.04. The van der Waals surface area contributed by atoms with Crippen molar-refractivity contribution >= 4 is 17.5 Å². The van der Waals surface area contributed by atoms with Crippen LogP contribution in [0.2, 0.25) is 0 Å². The number of amides is 2. The Balaban J connectivity index is 1.65. The number of anilines is 1. The lowest BCUT2D eigenvalue weighted by Crippen LogP contribution is -2.40. The van der Waals surface area contributed by atoms with Crippen LogP contribution in [0, 0.1) is 5.92 Å². The maximum Gasteiger partial charge on any atom is 0.265 e. The highest BCUT2D eigenvalue weighted by atomic mass is 16.5. The molecule has 0 spiro atoms. The summed E-state index contributed by atoms with van der Waals surface area (Å²) in [5.41, 5.74) is 1.17. The second-order valence-corrected chi connectivity index (χ2v) is 6.83. The standard InChI is InChI=1S/C18H22N2O3/c1-11-17(21)19-14-7-4-6-13(16(14)23-11)18(22)20-10-9-12-5-2-3-8-15(12)20/h4,6-7,11-12,15H,2-3,5,8-10H2,1H3,(H,19,21). The van der Waals surface area contributed by atoms with Crippen molar-refractivity contribution in [2.45, 2.75) is 51.2 Å². The highest BCUT2D eigenvalue weighted by Crippen LogP contribution is 2.39. The number of ether oxygens (including phenoxy) is 1. The maximum absolute atomic E-state index is 13.1. The fourth-order valence-corrected chi connectivity index (χ4v) is 4.21. The molecule has 1 aliphatic carbocycles. The quantitative estimate of drug-likeness (QED) is 0.867. The van der Waals surface area contributed by atoms with Crippen molar-refractivity contribution in [2.75, 3.05) is 11.9 Å². The smallest absolute Gasteiger partial charge is 0.265 e. The Morgan fingerprint density at radius 2 is 2.09 bits per heavy atom. The van der Waals surface area contributed by atoms with Gasteiger partial charge in [-0.1, -0.05) is 18.9 Å². The summed E-state index contributed by atoms with van der Waals surface area (Å²) in [6, 6.07) is 5.77. The first kappa shape index (κ1) is 14.5. The molecule has 1 saturated heterocycles. The molecule has 0 bridgehead atoms. The number of likely N-dealkylation sites (tertiary alicyclic amines) is 1. The molecule has 5 heteroatoms. The van der Waals surface area contributed by atoms with Gasteiger partial charge in [-0.25, -0.2) is 0 Å². The molecular weight excluding hydrogens is 292 g/mol. The van der Waals surface area contributed by atoms with E-state index in [1.807, 2.05) is 11.0 Å². The van der Waals surface area contributed by atoms with Gasteiger partial charge in [0.25, 0.3) is 11.8 Å². The number of carbonyl (C=O) groups is 2. The predicted octanol–water partition coefficient (Wildman–Crippen LogP) is 2.81. The van der Waals surface area contributed by atoms with Crippen LogP contribution in [-0.4, -0.2) is 35.4 Å². The first-order valence-electron chi connectivity index (χ1n) is 8.56. The first-order valence-corrected chi connectivity index (χ1v) is 8.56. The number of benzene rings is 1. The molecule has 1 aromatic rings. The van der Waals surface area contributed by atoms with Gasteiger partial charge in [-0.2, -0.15) is 0 Å². The highest BCUT2D eigenvalue weighted by Gasteiger charge is 2.40. The van der Waals surface area contributed by atoms with Crippen LogP contribution >= 0.6 is 0 Å². The largest absolute Gasteiger partial charge is 0.478 e. The summed E-state index contributed by atoms with van der Waals surface area (Å²) in [7, 11) is 0. The van der Waals surface area contributed by atoms with Crippen LogP contribution < -0.4 is 10.1 Å². The van der Waals surface area contributed by atoms with Gasteiger partial charge in [0.15, 0.2) is 11.9 Å². The van der Waals surface area contributed by atoms with E-state index in [2.05, 4.69) is 5.32 Å². The molecule has 2 fully saturated rings. The SMILES string of the molecule is CC1Oc2c(cccc2C(=O)N2CCC3CCCCC32)NC1=O. The molecule has 3 unspecified atom stereocenters. The number of carbonyl (C=O) groups excluding carboxylic acids is 2. The van der Waals surface area contributed by atoms with E-state index in [9.17, 15) is 9.59 Å². The molecule has 122 valence electrons. The Bertz CT molecular complexity index is 658. The van der Waals surface area contributed by atoms with Gasteiger partial charge in [-0.15, -0.1) is 0 Å². The number of hydrogen-bond donors (Lipinski definition) is 1. The van der Waals surface area contributed by atoms with Gasteiger partial charge in [-0.05, 0) is 44.2 Å². The zero-order valence-corrected chi connectivity index (χ0v) is 13.4. The van der Waals surface area contributed by atoms with Crippen LogP contribution in [0.15, 0.2) is 18.2 Å². The van der Waals surface area contributed by atoms with Crippen molar-refractivity contribution in [1.29, 1.82) is 0 Å². The van der Waals surface area contributed by atoms with Gasteiger partial charge in [0.2, 0.25) is 0 Å². The lowest BCUT2D eigenvalue weighted by Gasteiger charge is -2.33. The first-order chi connectivity index (χ1) is 11.1. The van der Waals surface area contributed by atoms with Gasteiger partial charge in [-0.3, -0.25) is 9.59 Å². The number of nitrogens with zero attached hydrogens (tertiary/aromatic N) is 1. The summed E-state index contributed by atoms with van der Waals surface area (Å²) < 4.78 is 5.73. The molecule has 2 aliphatic heterocycles. The fraction of sp³-hybridized carbons (Fsp3) is 0.556. The molecule has 0 radical (unpaired) electrons. The fourth-order valence-electron chi connectivity index (χ4n) is 4.21. The van der Waals surface area contributed by atoms with Crippen molar-refractivity contribution in [3.05, 3.63) is 23.8 Å². The lowest BCUT2D eigenvalue weighted by atomic mass is 9.85. The molecule has 3 aliphatic rings. The zero-order chi connectivity index (χ0) is 16.0. The second-order valence-electron chi connectivity index (χ2n) is 6.83. The normalized spacial score (nSPS) is 29.3. The lowest BCUT2D eigenvalue weighted by molar-refractivity contribution is -0.122. The van der Waals surface area contributed by atoms with Crippen LogP contribution in [0.4, 0.5) is 5.69 Å². The number of para-hydroxylation sites is 1. The molecule has 23 heavy (non-hydrogen) atoms. The van der Waals surface area contributed by atoms with Crippen molar-refractivity contribution < 1.29 is 14.3 Å². The van der Waals surface area contributed by atoms with Gasteiger partial charge >= 0.3 is 0 Å². The Morgan fingerprint density at radius 1 is 1.26 bits per heavy atom. The Morgan fingerprint density at radius 3 is 2.96 bits per heavy atom. The summed E-state index contributed by atoms with van der Waals surface area (Å²) in [6.45, 7) is 2.53. The molecule has 2 heterocycles. The topological polar surface area (TPSA) is 58.6 Å². The molecule has 1 N–H and O–H groups in total. The second kappa shape index (κ2) is 5.55. The van der Waals surface area contributed by atoms with Gasteiger partial charge < -0.3 is 15.0 Å². The summed E-state index contributed by atoms with van der Waals surface area (Å²) in [5.74, 6) is 1.05. The van der Waals surface area contributed by atoms with Gasteiger partial charge in [0.05, 0.1) is 11.3 Å². The Labute approximate surface area is 136 Å². The van der Waals surface area contributed by atoms with E-state index in [4.69, 9.17) is 4.74 Å². The zero-order valence-electron chi connectivity index (χ0n) is 13.4. The molecule has 1 aromatic carbocycles. The van der Waals surface area contributed by atoms with Crippen LogP contribution in [0.1, 0.15) is 49.4 Å².